The Kier molecular flexibility index (Phi) is 9.72. The Balaban J connectivity index is 1.69. The molecule has 4 rings (SSSR count). The number of hydrogen-bond donors (Lipinski definition) is 1. The van der Waals surface area contributed by atoms with Crippen molar-refractivity contribution < 1.29 is 18.0 Å². The molecule has 0 spiro atoms. The van der Waals surface area contributed by atoms with Gasteiger partial charge in [-0.3, -0.25) is 19.5 Å². The van der Waals surface area contributed by atoms with Crippen molar-refractivity contribution in [2.75, 3.05) is 18.0 Å². The highest BCUT2D eigenvalue weighted by Gasteiger charge is 2.24. The number of carbonyl (C=O) groups is 2. The quantitative estimate of drug-likeness (QED) is 0.456. The van der Waals surface area contributed by atoms with Crippen LogP contribution in [-0.2, 0) is 27.9 Å². The van der Waals surface area contributed by atoms with Crippen LogP contribution >= 0.6 is 11.6 Å². The van der Waals surface area contributed by atoms with Crippen molar-refractivity contribution in [3.8, 4) is 0 Å². The van der Waals surface area contributed by atoms with E-state index >= 15 is 0 Å². The Bertz CT molecular complexity index is 1420. The number of benzene rings is 2. The summed E-state index contributed by atoms with van der Waals surface area (Å²) in [6.07, 6.45) is 8.72. The van der Waals surface area contributed by atoms with Crippen LogP contribution in [0.1, 0.15) is 60.5 Å². The molecular formula is C29H33ClN4O4S. The second kappa shape index (κ2) is 13.2. The van der Waals surface area contributed by atoms with E-state index in [-0.39, 0.29) is 21.4 Å². The van der Waals surface area contributed by atoms with Crippen LogP contribution in [-0.4, -0.2) is 43.2 Å². The van der Waals surface area contributed by atoms with E-state index in [9.17, 15) is 18.0 Å². The van der Waals surface area contributed by atoms with Crippen LogP contribution in [0.2, 0.25) is 5.02 Å². The van der Waals surface area contributed by atoms with Gasteiger partial charge in [0.1, 0.15) is 4.90 Å². The summed E-state index contributed by atoms with van der Waals surface area (Å²) < 4.78 is 27.9. The molecule has 10 heteroatoms. The highest BCUT2D eigenvalue weighted by Crippen LogP contribution is 2.27. The summed E-state index contributed by atoms with van der Waals surface area (Å²) in [6, 6.07) is 14.9. The third kappa shape index (κ3) is 7.65. The SMILES string of the molecule is CC(=O)N1CCCCCCCN(Cc2cccnc2)Cc2cc(C(=O)NS(=O)(=O)c3ccccc3Cl)ccc21. The van der Waals surface area contributed by atoms with Crippen molar-refractivity contribution in [3.63, 3.8) is 0 Å². The van der Waals surface area contributed by atoms with Crippen molar-refractivity contribution in [1.29, 1.82) is 0 Å². The third-order valence-corrected chi connectivity index (χ3v) is 8.58. The van der Waals surface area contributed by atoms with Crippen molar-refractivity contribution >= 4 is 39.1 Å². The number of pyridine rings is 1. The van der Waals surface area contributed by atoms with Crippen LogP contribution < -0.4 is 9.62 Å². The van der Waals surface area contributed by atoms with Gasteiger partial charge >= 0.3 is 0 Å². The van der Waals surface area contributed by atoms with Crippen molar-refractivity contribution in [3.05, 3.63) is 88.7 Å². The van der Waals surface area contributed by atoms with Gasteiger partial charge in [0.15, 0.2) is 0 Å². The molecule has 0 bridgehead atoms. The van der Waals surface area contributed by atoms with Gasteiger partial charge in [0.25, 0.3) is 15.9 Å². The van der Waals surface area contributed by atoms with Crippen molar-refractivity contribution in [2.24, 2.45) is 0 Å². The first-order valence-corrected chi connectivity index (χ1v) is 14.9. The maximum Gasteiger partial charge on any atom is 0.265 e. The van der Waals surface area contributed by atoms with Crippen LogP contribution in [0.15, 0.2) is 71.9 Å². The summed E-state index contributed by atoms with van der Waals surface area (Å²) in [7, 11) is -4.18. The number of nitrogens with one attached hydrogen (secondary N) is 1. The molecule has 0 fully saturated rings. The normalized spacial score (nSPS) is 15.5. The molecule has 0 radical (unpaired) electrons. The molecule has 0 saturated heterocycles. The summed E-state index contributed by atoms with van der Waals surface area (Å²) in [5.74, 6) is -0.845. The van der Waals surface area contributed by atoms with E-state index in [1.54, 1.807) is 48.4 Å². The van der Waals surface area contributed by atoms with Gasteiger partial charge in [0.05, 0.1) is 5.02 Å². The van der Waals surface area contributed by atoms with Gasteiger partial charge in [-0.05, 0) is 66.9 Å². The second-order valence-corrected chi connectivity index (χ2v) is 11.8. The summed E-state index contributed by atoms with van der Waals surface area (Å²) in [5.41, 5.74) is 2.75. The predicted octanol–water partition coefficient (Wildman–Crippen LogP) is 5.17. The molecule has 206 valence electrons. The fourth-order valence-corrected chi connectivity index (χ4v) is 6.30. The maximum atomic E-state index is 13.2. The third-order valence-electron chi connectivity index (χ3n) is 6.74. The molecule has 3 aromatic rings. The second-order valence-electron chi connectivity index (χ2n) is 9.72. The lowest BCUT2D eigenvalue weighted by Gasteiger charge is -2.29. The van der Waals surface area contributed by atoms with Gasteiger partial charge in [-0.1, -0.05) is 49.1 Å². The fraction of sp³-hybridized carbons (Fsp3) is 0.345. The number of halogens is 1. The maximum absolute atomic E-state index is 13.2. The first-order chi connectivity index (χ1) is 18.7. The van der Waals surface area contributed by atoms with Crippen LogP contribution in [0.3, 0.4) is 0 Å². The summed E-state index contributed by atoms with van der Waals surface area (Å²) in [6.45, 7) is 4.10. The van der Waals surface area contributed by atoms with Crippen LogP contribution in [0.25, 0.3) is 0 Å². The van der Waals surface area contributed by atoms with Crippen molar-refractivity contribution in [2.45, 2.75) is 57.0 Å². The topological polar surface area (TPSA) is 99.7 Å². The number of aromatic nitrogens is 1. The minimum Gasteiger partial charge on any atom is -0.312 e. The highest BCUT2D eigenvalue weighted by atomic mass is 35.5. The molecule has 0 saturated carbocycles. The van der Waals surface area contributed by atoms with E-state index in [0.29, 0.717) is 19.6 Å². The number of carbonyl (C=O) groups excluding carboxylic acids is 2. The summed E-state index contributed by atoms with van der Waals surface area (Å²) in [4.78, 5) is 33.9. The zero-order valence-corrected chi connectivity index (χ0v) is 23.5. The average molecular weight is 569 g/mol. The summed E-state index contributed by atoms with van der Waals surface area (Å²) >= 11 is 6.07. The van der Waals surface area contributed by atoms with Crippen LogP contribution in [0.4, 0.5) is 5.69 Å². The standard InChI is InChI=1S/C29H33ClN4O4S/c1-22(35)34-17-8-4-2-3-7-16-33(20-23-10-9-15-31-19-23)21-25-18-24(13-14-27(25)34)29(36)32-39(37,38)28-12-6-5-11-26(28)30/h5-6,9-15,18-19H,2-4,7-8,16-17,20-21H2,1H3,(H,32,36). The monoisotopic (exact) mass is 568 g/mol. The van der Waals surface area contributed by atoms with Gasteiger partial charge in [-0.25, -0.2) is 13.1 Å². The molecule has 1 aromatic heterocycles. The molecule has 1 aliphatic rings. The largest absolute Gasteiger partial charge is 0.312 e. The number of nitrogens with zero attached hydrogens (tertiary/aromatic N) is 3. The van der Waals surface area contributed by atoms with E-state index < -0.39 is 15.9 Å². The van der Waals surface area contributed by atoms with E-state index in [4.69, 9.17) is 11.6 Å². The number of amides is 2. The Hall–Kier alpha value is -3.27. The van der Waals surface area contributed by atoms with Gasteiger partial charge in [0.2, 0.25) is 5.91 Å². The van der Waals surface area contributed by atoms with E-state index in [2.05, 4.69) is 14.6 Å². The van der Waals surface area contributed by atoms with Gasteiger partial charge < -0.3 is 4.90 Å². The molecule has 1 N–H and O–H groups in total. The first-order valence-electron chi connectivity index (χ1n) is 13.1. The van der Waals surface area contributed by atoms with Crippen LogP contribution in [0.5, 0.6) is 0 Å². The smallest absolute Gasteiger partial charge is 0.265 e. The number of sulfonamides is 1. The van der Waals surface area contributed by atoms with Crippen molar-refractivity contribution in [1.82, 2.24) is 14.6 Å². The zero-order valence-electron chi connectivity index (χ0n) is 22.0. The lowest BCUT2D eigenvalue weighted by Crippen LogP contribution is -2.33. The Morgan fingerprint density at radius 1 is 0.974 bits per heavy atom. The van der Waals surface area contributed by atoms with Gasteiger partial charge in [0, 0.05) is 50.2 Å². The Morgan fingerprint density at radius 2 is 1.72 bits per heavy atom. The Morgan fingerprint density at radius 3 is 2.44 bits per heavy atom. The number of hydrogen-bond acceptors (Lipinski definition) is 6. The lowest BCUT2D eigenvalue weighted by molar-refractivity contribution is -0.116. The molecule has 0 atom stereocenters. The lowest BCUT2D eigenvalue weighted by atomic mass is 10.0. The molecule has 1 aliphatic heterocycles. The van der Waals surface area contributed by atoms with E-state index in [1.165, 1.54) is 12.1 Å². The predicted molar refractivity (Wildman–Crippen MR) is 152 cm³/mol. The zero-order chi connectivity index (χ0) is 27.8. The molecular weight excluding hydrogens is 536 g/mol. The molecule has 8 nitrogen and oxygen atoms in total. The molecule has 0 aliphatic carbocycles. The number of anilines is 1. The molecule has 2 aromatic carbocycles. The van der Waals surface area contributed by atoms with Gasteiger partial charge in [-0.2, -0.15) is 0 Å². The molecule has 2 amide bonds. The van der Waals surface area contributed by atoms with Crippen LogP contribution in [0, 0.1) is 0 Å². The van der Waals surface area contributed by atoms with E-state index in [0.717, 1.165) is 55.5 Å². The first kappa shape index (κ1) is 28.7. The number of fused-ring (bicyclic) bond motifs is 1. The highest BCUT2D eigenvalue weighted by molar-refractivity contribution is 7.90. The minimum atomic E-state index is -4.18. The molecule has 2 heterocycles. The summed E-state index contributed by atoms with van der Waals surface area (Å²) in [5, 5.41) is 0.0263. The van der Waals surface area contributed by atoms with Gasteiger partial charge in [-0.15, -0.1) is 0 Å². The average Bonchev–Trinajstić information content (AvgIpc) is 2.90. The molecule has 39 heavy (non-hydrogen) atoms. The Labute approximate surface area is 235 Å². The number of rotatable bonds is 5. The fourth-order valence-electron chi connectivity index (χ4n) is 4.80. The molecule has 0 unspecified atom stereocenters. The minimum absolute atomic E-state index is 0.0263. The van der Waals surface area contributed by atoms with E-state index in [1.807, 2.05) is 18.3 Å².